The molecule has 1 N–H and O–H groups in total. The third-order valence-corrected chi connectivity index (χ3v) is 0.831. The molecule has 5 heteroatoms. The molecule has 0 aromatic carbocycles. The number of aromatic nitrogens is 2. The summed E-state index contributed by atoms with van der Waals surface area (Å²) < 4.78 is 0. The van der Waals surface area contributed by atoms with Crippen LogP contribution in [0.25, 0.3) is 0 Å². The summed E-state index contributed by atoms with van der Waals surface area (Å²) in [4.78, 5) is 10.1. The first-order chi connectivity index (χ1) is 4.30. The third-order valence-electron chi connectivity index (χ3n) is 0.831. The molecule has 10 heavy (non-hydrogen) atoms. The van der Waals surface area contributed by atoms with E-state index in [0.29, 0.717) is 0 Å². The summed E-state index contributed by atoms with van der Waals surface area (Å²) in [6, 6.07) is 1.38. The van der Waals surface area contributed by atoms with Crippen LogP contribution in [0.4, 0.5) is 0 Å². The molecule has 4 nitrogen and oxygen atoms in total. The first-order valence-electron chi connectivity index (χ1n) is 2.30. The third kappa shape index (κ3) is 2.17. The Labute approximate surface area is 69.5 Å². The van der Waals surface area contributed by atoms with Gasteiger partial charge in [-0.1, -0.05) is 0 Å². The molecule has 1 heterocycles. The van der Waals surface area contributed by atoms with Crippen molar-refractivity contribution in [2.24, 2.45) is 0 Å². The average molecular weight is 132 g/mol. The van der Waals surface area contributed by atoms with Crippen molar-refractivity contribution in [3.05, 3.63) is 24.0 Å². The van der Waals surface area contributed by atoms with Crippen LogP contribution in [-0.4, -0.2) is 40.1 Å². The number of carboxylic acids is 1. The predicted octanol–water partition coefficient (Wildman–Crippen LogP) is -0.474. The number of carboxylic acid groups (broad SMARTS) is 1. The van der Waals surface area contributed by atoms with Gasteiger partial charge < -0.3 is 5.11 Å². The van der Waals surface area contributed by atoms with E-state index >= 15 is 0 Å². The van der Waals surface area contributed by atoms with Gasteiger partial charge in [0, 0.05) is 0 Å². The van der Waals surface area contributed by atoms with Crippen LogP contribution in [0.3, 0.4) is 0 Å². The van der Waals surface area contributed by atoms with Gasteiger partial charge in [-0.3, -0.25) is 0 Å². The van der Waals surface area contributed by atoms with Crippen molar-refractivity contribution in [3.8, 4) is 0 Å². The molecule has 48 valence electrons. The van der Waals surface area contributed by atoms with Gasteiger partial charge in [-0.05, 0) is 6.07 Å². The number of carbonyl (C=O) groups is 1. The number of aromatic carboxylic acids is 1. The molecule has 0 saturated carbocycles. The van der Waals surface area contributed by atoms with E-state index in [9.17, 15) is 4.79 Å². The van der Waals surface area contributed by atoms with Crippen LogP contribution in [0.1, 0.15) is 10.4 Å². The van der Waals surface area contributed by atoms with Crippen molar-refractivity contribution >= 4 is 24.8 Å². The van der Waals surface area contributed by atoms with Gasteiger partial charge in [-0.15, -0.1) is 0 Å². The second kappa shape index (κ2) is 4.04. The van der Waals surface area contributed by atoms with E-state index in [0.717, 1.165) is 0 Å². The first kappa shape index (κ1) is 9.15. The fourth-order valence-corrected chi connectivity index (χ4v) is 0.417. The van der Waals surface area contributed by atoms with E-state index < -0.39 is 5.97 Å². The number of nitrogens with zero attached hydrogens (tertiary/aromatic N) is 2. The normalized spacial score (nSPS) is 8.00. The van der Waals surface area contributed by atoms with Gasteiger partial charge in [-0.2, -0.15) is 10.2 Å². The minimum atomic E-state index is -0.982. The zero-order valence-corrected chi connectivity index (χ0v) is 4.48. The topological polar surface area (TPSA) is 63.1 Å². The fraction of sp³-hybridized carbons (Fsp3) is 0. The molecule has 1 rings (SSSR count). The Morgan fingerprint density at radius 3 is 2.50 bits per heavy atom. The van der Waals surface area contributed by atoms with E-state index in [2.05, 4.69) is 10.2 Å². The van der Waals surface area contributed by atoms with Gasteiger partial charge in [0.15, 0.2) is 0 Å². The monoisotopic (exact) mass is 132 g/mol. The van der Waals surface area contributed by atoms with Crippen LogP contribution < -0.4 is 0 Å². The quantitative estimate of drug-likeness (QED) is 0.524. The van der Waals surface area contributed by atoms with E-state index in [4.69, 9.17) is 5.11 Å². The Bertz CT molecular complexity index is 214. The zero-order valence-electron chi connectivity index (χ0n) is 4.48. The summed E-state index contributed by atoms with van der Waals surface area (Å²) in [5.41, 5.74) is 0.157. The zero-order chi connectivity index (χ0) is 6.69. The van der Waals surface area contributed by atoms with Gasteiger partial charge >= 0.3 is 24.8 Å². The summed E-state index contributed by atoms with van der Waals surface area (Å²) in [7, 11) is 0. The Kier molecular flexibility index (Phi) is 3.70. The van der Waals surface area contributed by atoms with Crippen LogP contribution in [-0.2, 0) is 0 Å². The molecule has 0 saturated heterocycles. The SMILES string of the molecule is O=C(O)c1ccnnc1.[LiH]. The van der Waals surface area contributed by atoms with Crippen molar-refractivity contribution in [2.75, 3.05) is 0 Å². The summed E-state index contributed by atoms with van der Waals surface area (Å²) in [6.45, 7) is 0. The Balaban J connectivity index is 0.000000810. The van der Waals surface area contributed by atoms with E-state index in [1.54, 1.807) is 0 Å². The van der Waals surface area contributed by atoms with Crippen molar-refractivity contribution in [3.63, 3.8) is 0 Å². The van der Waals surface area contributed by atoms with Crippen LogP contribution in [0.5, 0.6) is 0 Å². The summed E-state index contributed by atoms with van der Waals surface area (Å²) >= 11 is 0. The second-order valence-corrected chi connectivity index (χ2v) is 1.44. The summed E-state index contributed by atoms with van der Waals surface area (Å²) in [5.74, 6) is -0.982. The molecule has 0 aliphatic rings. The summed E-state index contributed by atoms with van der Waals surface area (Å²) in [5, 5.41) is 15.1. The molecule has 0 amide bonds. The maximum absolute atomic E-state index is 10.1. The first-order valence-corrected chi connectivity index (χ1v) is 2.30. The molecule has 1 aromatic heterocycles. The van der Waals surface area contributed by atoms with Gasteiger partial charge in [0.2, 0.25) is 0 Å². The molecular weight excluding hydrogens is 127 g/mol. The van der Waals surface area contributed by atoms with Gasteiger partial charge in [-0.25, -0.2) is 4.79 Å². The Morgan fingerprint density at radius 1 is 1.50 bits per heavy atom. The van der Waals surface area contributed by atoms with Crippen LogP contribution >= 0.6 is 0 Å². The van der Waals surface area contributed by atoms with Crippen LogP contribution in [0.2, 0.25) is 0 Å². The molecule has 0 aliphatic heterocycles. The average Bonchev–Trinajstić information content (AvgIpc) is 1.90. The number of hydrogen-bond acceptors (Lipinski definition) is 3. The molecule has 0 bridgehead atoms. The second-order valence-electron chi connectivity index (χ2n) is 1.44. The fourth-order valence-electron chi connectivity index (χ4n) is 0.417. The van der Waals surface area contributed by atoms with Crippen molar-refractivity contribution < 1.29 is 9.90 Å². The minimum absolute atomic E-state index is 0. The maximum atomic E-state index is 10.1. The number of rotatable bonds is 1. The van der Waals surface area contributed by atoms with E-state index in [-0.39, 0.29) is 24.4 Å². The Morgan fingerprint density at radius 2 is 2.20 bits per heavy atom. The van der Waals surface area contributed by atoms with Gasteiger partial charge in [0.1, 0.15) is 0 Å². The molecule has 0 aliphatic carbocycles. The molecular formula is C5H5LiN2O2. The standard InChI is InChI=1S/C5H4N2O2.Li.H/c8-5(9)4-1-2-6-7-3-4;;/h1-3H,(H,8,9);;. The Hall–Kier alpha value is -0.853. The molecule has 0 unspecified atom stereocenters. The van der Waals surface area contributed by atoms with Crippen molar-refractivity contribution in [1.29, 1.82) is 0 Å². The van der Waals surface area contributed by atoms with Crippen molar-refractivity contribution in [2.45, 2.75) is 0 Å². The predicted molar refractivity (Wildman–Crippen MR) is 36.1 cm³/mol. The number of hydrogen-bond donors (Lipinski definition) is 1. The van der Waals surface area contributed by atoms with Gasteiger partial charge in [0.25, 0.3) is 0 Å². The molecule has 0 atom stereocenters. The van der Waals surface area contributed by atoms with E-state index in [1.165, 1.54) is 18.5 Å². The molecule has 1 aromatic rings. The molecule has 0 radical (unpaired) electrons. The van der Waals surface area contributed by atoms with Crippen molar-refractivity contribution in [1.82, 2.24) is 10.2 Å². The van der Waals surface area contributed by atoms with E-state index in [1.807, 2.05) is 0 Å². The summed E-state index contributed by atoms with van der Waals surface area (Å²) in [6.07, 6.45) is 2.53. The van der Waals surface area contributed by atoms with Crippen LogP contribution in [0, 0.1) is 0 Å². The van der Waals surface area contributed by atoms with Crippen LogP contribution in [0.15, 0.2) is 18.5 Å². The van der Waals surface area contributed by atoms with Gasteiger partial charge in [0.05, 0.1) is 18.0 Å². The molecule has 0 spiro atoms. The molecule has 0 fully saturated rings.